The summed E-state index contributed by atoms with van der Waals surface area (Å²) in [7, 11) is -3.73. The zero-order chi connectivity index (χ0) is 20.8. The van der Waals surface area contributed by atoms with E-state index in [4.69, 9.17) is 9.26 Å². The molecule has 0 aliphatic rings. The van der Waals surface area contributed by atoms with Crippen molar-refractivity contribution >= 4 is 15.8 Å². The van der Waals surface area contributed by atoms with Gasteiger partial charge in [0, 0.05) is 18.7 Å². The topological polar surface area (TPSA) is 107 Å². The summed E-state index contributed by atoms with van der Waals surface area (Å²) in [6, 6.07) is 10.8. The van der Waals surface area contributed by atoms with Crippen LogP contribution in [0.3, 0.4) is 0 Å². The van der Waals surface area contributed by atoms with E-state index in [-0.39, 0.29) is 19.4 Å². The average Bonchev–Trinajstić information content (AvgIpc) is 3.11. The van der Waals surface area contributed by atoms with Gasteiger partial charge in [0.2, 0.25) is 0 Å². The number of hydrogen-bond acceptors (Lipinski definition) is 7. The van der Waals surface area contributed by atoms with Crippen LogP contribution >= 0.6 is 0 Å². The van der Waals surface area contributed by atoms with Gasteiger partial charge < -0.3 is 14.4 Å². The first-order valence-corrected chi connectivity index (χ1v) is 11.1. The van der Waals surface area contributed by atoms with Crippen LogP contribution in [-0.2, 0) is 38.8 Å². The van der Waals surface area contributed by atoms with Crippen molar-refractivity contribution < 1.29 is 27.6 Å². The molecular formula is C20H27NO6S. The summed E-state index contributed by atoms with van der Waals surface area (Å²) in [6.07, 6.45) is 1.69. The number of rotatable bonds is 10. The van der Waals surface area contributed by atoms with E-state index in [2.05, 4.69) is 5.16 Å². The number of ether oxygens (including phenoxy) is 1. The molecule has 0 aliphatic carbocycles. The van der Waals surface area contributed by atoms with Crippen LogP contribution in [0.25, 0.3) is 0 Å². The third-order valence-electron chi connectivity index (χ3n) is 4.84. The lowest BCUT2D eigenvalue weighted by molar-refractivity contribution is -0.147. The van der Waals surface area contributed by atoms with Crippen LogP contribution in [0, 0.1) is 0 Å². The number of nitrogens with zero attached hydrogens (tertiary/aromatic N) is 1. The number of aliphatic hydroxyl groups excluding tert-OH is 1. The molecule has 2 rings (SSSR count). The summed E-state index contributed by atoms with van der Waals surface area (Å²) in [5.41, 5.74) is 1.31. The number of aliphatic hydroxyl groups is 1. The Morgan fingerprint density at radius 1 is 1.32 bits per heavy atom. The second-order valence-electron chi connectivity index (χ2n) is 7.12. The molecule has 2 unspecified atom stereocenters. The van der Waals surface area contributed by atoms with Gasteiger partial charge in [-0.05, 0) is 31.7 Å². The molecule has 2 atom stereocenters. The van der Waals surface area contributed by atoms with Gasteiger partial charge in [0.05, 0.1) is 11.8 Å². The van der Waals surface area contributed by atoms with Gasteiger partial charge in [-0.2, -0.15) is 0 Å². The number of aryl methyl sites for hydroxylation is 1. The van der Waals surface area contributed by atoms with Crippen molar-refractivity contribution in [1.82, 2.24) is 5.16 Å². The molecule has 0 amide bonds. The van der Waals surface area contributed by atoms with Crippen LogP contribution in [0.1, 0.15) is 43.7 Å². The summed E-state index contributed by atoms with van der Waals surface area (Å²) in [6.45, 7) is 3.24. The fourth-order valence-corrected chi connectivity index (χ4v) is 3.46. The van der Waals surface area contributed by atoms with Crippen LogP contribution < -0.4 is 0 Å². The lowest BCUT2D eigenvalue weighted by Crippen LogP contribution is -2.44. The number of aromatic nitrogens is 1. The number of esters is 1. The van der Waals surface area contributed by atoms with E-state index in [0.29, 0.717) is 24.3 Å². The SMILES string of the molecule is CCC(O)Cc1cc(CCC(C)(C(=O)OCc2ccccc2)S(C)(=O)=O)no1. The highest BCUT2D eigenvalue weighted by atomic mass is 32.2. The van der Waals surface area contributed by atoms with Gasteiger partial charge in [0.15, 0.2) is 14.6 Å². The molecule has 0 spiro atoms. The highest BCUT2D eigenvalue weighted by molar-refractivity contribution is 7.92. The van der Waals surface area contributed by atoms with Gasteiger partial charge in [0.25, 0.3) is 0 Å². The summed E-state index contributed by atoms with van der Waals surface area (Å²) in [4.78, 5) is 12.6. The minimum absolute atomic E-state index is 0.00774. The second kappa shape index (κ2) is 9.34. The molecule has 0 radical (unpaired) electrons. The molecular weight excluding hydrogens is 382 g/mol. The van der Waals surface area contributed by atoms with Gasteiger partial charge in [-0.3, -0.25) is 4.79 Å². The summed E-state index contributed by atoms with van der Waals surface area (Å²) < 4.78 is 33.5. The van der Waals surface area contributed by atoms with E-state index in [0.717, 1.165) is 11.8 Å². The minimum atomic E-state index is -3.73. The molecule has 1 aromatic carbocycles. The lowest BCUT2D eigenvalue weighted by atomic mass is 10.0. The van der Waals surface area contributed by atoms with E-state index in [1.165, 1.54) is 6.92 Å². The maximum atomic E-state index is 12.6. The smallest absolute Gasteiger partial charge is 0.327 e. The Kier molecular flexibility index (Phi) is 7.37. The van der Waals surface area contributed by atoms with E-state index >= 15 is 0 Å². The van der Waals surface area contributed by atoms with Crippen molar-refractivity contribution in [3.05, 3.63) is 53.4 Å². The first-order chi connectivity index (χ1) is 13.2. The third kappa shape index (κ3) is 5.65. The molecule has 2 aromatic rings. The predicted molar refractivity (Wildman–Crippen MR) is 104 cm³/mol. The van der Waals surface area contributed by atoms with Crippen LogP contribution in [-0.4, -0.2) is 41.8 Å². The maximum Gasteiger partial charge on any atom is 0.327 e. The summed E-state index contributed by atoms with van der Waals surface area (Å²) >= 11 is 0. The predicted octanol–water partition coefficient (Wildman–Crippen LogP) is 2.47. The Balaban J connectivity index is 2.05. The Labute approximate surface area is 165 Å². The molecule has 28 heavy (non-hydrogen) atoms. The van der Waals surface area contributed by atoms with Gasteiger partial charge in [-0.15, -0.1) is 0 Å². The molecule has 1 aromatic heterocycles. The monoisotopic (exact) mass is 409 g/mol. The molecule has 8 heteroatoms. The number of benzene rings is 1. The van der Waals surface area contributed by atoms with E-state index < -0.39 is 26.7 Å². The molecule has 154 valence electrons. The minimum Gasteiger partial charge on any atom is -0.460 e. The van der Waals surface area contributed by atoms with Crippen LogP contribution in [0.4, 0.5) is 0 Å². The molecule has 0 fully saturated rings. The van der Waals surface area contributed by atoms with Crippen molar-refractivity contribution in [2.24, 2.45) is 0 Å². The average molecular weight is 410 g/mol. The standard InChI is InChI=1S/C20H27NO6S/c1-4-17(22)13-18-12-16(21-27-18)10-11-20(2,28(3,24)25)19(23)26-14-15-8-6-5-7-9-15/h5-9,12,17,22H,4,10-11,13-14H2,1-3H3. The van der Waals surface area contributed by atoms with Crippen molar-refractivity contribution in [1.29, 1.82) is 0 Å². The zero-order valence-electron chi connectivity index (χ0n) is 16.4. The first-order valence-electron chi connectivity index (χ1n) is 9.19. The Hall–Kier alpha value is -2.19. The van der Waals surface area contributed by atoms with Gasteiger partial charge in [-0.1, -0.05) is 42.4 Å². The molecule has 0 bridgehead atoms. The number of hydrogen-bond donors (Lipinski definition) is 1. The zero-order valence-corrected chi connectivity index (χ0v) is 17.2. The van der Waals surface area contributed by atoms with Gasteiger partial charge >= 0.3 is 5.97 Å². The first kappa shape index (κ1) is 22.1. The van der Waals surface area contributed by atoms with E-state index in [9.17, 15) is 18.3 Å². The van der Waals surface area contributed by atoms with Crippen LogP contribution in [0.5, 0.6) is 0 Å². The molecule has 0 aliphatic heterocycles. The Morgan fingerprint density at radius 3 is 2.61 bits per heavy atom. The number of sulfone groups is 1. The number of carbonyl (C=O) groups is 1. The highest BCUT2D eigenvalue weighted by Crippen LogP contribution is 2.26. The fourth-order valence-electron chi connectivity index (χ4n) is 2.63. The normalized spacial score (nSPS) is 15.0. The maximum absolute atomic E-state index is 12.6. The molecule has 7 nitrogen and oxygen atoms in total. The van der Waals surface area contributed by atoms with Crippen LogP contribution in [0.15, 0.2) is 40.9 Å². The largest absolute Gasteiger partial charge is 0.460 e. The number of carbonyl (C=O) groups excluding carboxylic acids is 1. The Bertz CT molecular complexity index is 877. The highest BCUT2D eigenvalue weighted by Gasteiger charge is 2.44. The van der Waals surface area contributed by atoms with Crippen molar-refractivity contribution in [2.45, 2.75) is 57.0 Å². The quantitative estimate of drug-likeness (QED) is 0.601. The summed E-state index contributed by atoms with van der Waals surface area (Å²) in [5.74, 6) is -0.263. The van der Waals surface area contributed by atoms with E-state index in [1.807, 2.05) is 25.1 Å². The third-order valence-corrected chi connectivity index (χ3v) is 6.84. The fraction of sp³-hybridized carbons (Fsp3) is 0.500. The Morgan fingerprint density at radius 2 is 2.00 bits per heavy atom. The molecule has 0 saturated heterocycles. The van der Waals surface area contributed by atoms with Crippen LogP contribution in [0.2, 0.25) is 0 Å². The van der Waals surface area contributed by atoms with Crippen molar-refractivity contribution in [3.63, 3.8) is 0 Å². The van der Waals surface area contributed by atoms with Crippen molar-refractivity contribution in [3.8, 4) is 0 Å². The molecule has 1 N–H and O–H groups in total. The molecule has 1 heterocycles. The molecule has 0 saturated carbocycles. The van der Waals surface area contributed by atoms with E-state index in [1.54, 1.807) is 18.2 Å². The lowest BCUT2D eigenvalue weighted by Gasteiger charge is -2.25. The summed E-state index contributed by atoms with van der Waals surface area (Å²) in [5, 5.41) is 13.6. The van der Waals surface area contributed by atoms with Crippen molar-refractivity contribution in [2.75, 3.05) is 6.26 Å². The van der Waals surface area contributed by atoms with Gasteiger partial charge in [0.1, 0.15) is 12.4 Å². The van der Waals surface area contributed by atoms with Gasteiger partial charge in [-0.25, -0.2) is 8.42 Å². The second-order valence-corrected chi connectivity index (χ2v) is 9.56.